The minimum absolute atomic E-state index is 0.0750. The SMILES string of the molecule is Nc1cccc(C(F)(F)F)c1C#CCNC(=O)OCc1ccccc1. The molecule has 0 saturated carbocycles. The highest BCUT2D eigenvalue weighted by Gasteiger charge is 2.33. The lowest BCUT2D eigenvalue weighted by Crippen LogP contribution is -2.24. The summed E-state index contributed by atoms with van der Waals surface area (Å²) >= 11 is 0. The molecule has 2 rings (SSSR count). The molecule has 2 aromatic rings. The fourth-order valence-electron chi connectivity index (χ4n) is 1.97. The van der Waals surface area contributed by atoms with Crippen LogP contribution in [-0.2, 0) is 17.5 Å². The molecule has 7 heteroatoms. The first-order chi connectivity index (χ1) is 11.9. The monoisotopic (exact) mass is 348 g/mol. The molecule has 0 heterocycles. The largest absolute Gasteiger partial charge is 0.445 e. The van der Waals surface area contributed by atoms with E-state index in [9.17, 15) is 18.0 Å². The van der Waals surface area contributed by atoms with Crippen molar-refractivity contribution in [3.05, 3.63) is 65.2 Å². The molecule has 130 valence electrons. The third-order valence-electron chi connectivity index (χ3n) is 3.15. The molecule has 0 aliphatic rings. The number of alkyl carbamates (subject to hydrolysis) is 1. The lowest BCUT2D eigenvalue weighted by Gasteiger charge is -2.10. The minimum atomic E-state index is -4.55. The Morgan fingerprint density at radius 1 is 1.12 bits per heavy atom. The molecule has 0 unspecified atom stereocenters. The molecule has 0 radical (unpaired) electrons. The zero-order valence-corrected chi connectivity index (χ0v) is 13.1. The molecule has 0 saturated heterocycles. The average Bonchev–Trinajstić information content (AvgIpc) is 2.58. The Morgan fingerprint density at radius 3 is 2.52 bits per heavy atom. The maximum absolute atomic E-state index is 12.9. The fraction of sp³-hybridized carbons (Fsp3) is 0.167. The maximum Gasteiger partial charge on any atom is 0.417 e. The van der Waals surface area contributed by atoms with Gasteiger partial charge in [-0.15, -0.1) is 0 Å². The van der Waals surface area contributed by atoms with Crippen LogP contribution < -0.4 is 11.1 Å². The second-order valence-electron chi connectivity index (χ2n) is 4.98. The number of ether oxygens (including phenoxy) is 1. The van der Waals surface area contributed by atoms with Crippen molar-refractivity contribution < 1.29 is 22.7 Å². The molecule has 0 aliphatic carbocycles. The molecule has 3 N–H and O–H groups in total. The summed E-state index contributed by atoms with van der Waals surface area (Å²) in [6.07, 6.45) is -5.27. The molecule has 2 aromatic carbocycles. The quantitative estimate of drug-likeness (QED) is 0.658. The number of nitrogens with two attached hydrogens (primary N) is 1. The van der Waals surface area contributed by atoms with E-state index in [1.165, 1.54) is 12.1 Å². The summed E-state index contributed by atoms with van der Waals surface area (Å²) in [4.78, 5) is 11.5. The molecule has 1 amide bonds. The third-order valence-corrected chi connectivity index (χ3v) is 3.15. The number of benzene rings is 2. The number of nitrogens with one attached hydrogen (secondary N) is 1. The van der Waals surface area contributed by atoms with Gasteiger partial charge in [-0.1, -0.05) is 48.2 Å². The van der Waals surface area contributed by atoms with E-state index in [-0.39, 0.29) is 24.4 Å². The average molecular weight is 348 g/mol. The van der Waals surface area contributed by atoms with Gasteiger partial charge in [-0.3, -0.25) is 0 Å². The highest BCUT2D eigenvalue weighted by Crippen LogP contribution is 2.33. The van der Waals surface area contributed by atoms with Gasteiger partial charge in [-0.05, 0) is 17.7 Å². The van der Waals surface area contributed by atoms with E-state index < -0.39 is 17.8 Å². The number of hydrogen-bond acceptors (Lipinski definition) is 3. The van der Waals surface area contributed by atoms with Crippen LogP contribution in [0.4, 0.5) is 23.7 Å². The second kappa shape index (κ2) is 8.11. The van der Waals surface area contributed by atoms with Crippen molar-refractivity contribution in [2.45, 2.75) is 12.8 Å². The van der Waals surface area contributed by atoms with Gasteiger partial charge in [0.1, 0.15) is 6.61 Å². The Kier molecular flexibility index (Phi) is 5.90. The molecule has 0 spiro atoms. The standard InChI is InChI=1S/C18H15F3N2O2/c19-18(20,21)15-9-4-10-16(22)14(15)8-5-11-23-17(24)25-12-13-6-2-1-3-7-13/h1-4,6-7,9-10H,11-12,22H2,(H,23,24). The van der Waals surface area contributed by atoms with Gasteiger partial charge in [0, 0.05) is 5.69 Å². The number of carbonyl (C=O) groups is 1. The van der Waals surface area contributed by atoms with Gasteiger partial charge in [0.15, 0.2) is 0 Å². The molecule has 0 atom stereocenters. The molecule has 0 fully saturated rings. The highest BCUT2D eigenvalue weighted by molar-refractivity contribution is 5.67. The number of hydrogen-bond donors (Lipinski definition) is 2. The van der Waals surface area contributed by atoms with Gasteiger partial charge in [-0.2, -0.15) is 13.2 Å². The summed E-state index contributed by atoms with van der Waals surface area (Å²) in [6, 6.07) is 12.5. The Hall–Kier alpha value is -3.14. The van der Waals surface area contributed by atoms with Gasteiger partial charge < -0.3 is 15.8 Å². The maximum atomic E-state index is 12.9. The van der Waals surface area contributed by atoms with Crippen LogP contribution in [0.3, 0.4) is 0 Å². The van der Waals surface area contributed by atoms with Crippen LogP contribution in [0.25, 0.3) is 0 Å². The van der Waals surface area contributed by atoms with Crippen molar-refractivity contribution in [3.8, 4) is 11.8 Å². The Morgan fingerprint density at radius 2 is 1.84 bits per heavy atom. The fourth-order valence-corrected chi connectivity index (χ4v) is 1.97. The van der Waals surface area contributed by atoms with E-state index in [1.807, 2.05) is 18.2 Å². The van der Waals surface area contributed by atoms with Crippen LogP contribution in [0.1, 0.15) is 16.7 Å². The summed E-state index contributed by atoms with van der Waals surface area (Å²) in [5.41, 5.74) is 5.08. The number of halogens is 3. The van der Waals surface area contributed by atoms with Crippen LogP contribution in [0.2, 0.25) is 0 Å². The molecule has 0 aliphatic heterocycles. The van der Waals surface area contributed by atoms with Crippen molar-refractivity contribution in [2.24, 2.45) is 0 Å². The summed E-state index contributed by atoms with van der Waals surface area (Å²) < 4.78 is 43.7. The molecular weight excluding hydrogens is 333 g/mol. The van der Waals surface area contributed by atoms with Crippen molar-refractivity contribution >= 4 is 11.8 Å². The van der Waals surface area contributed by atoms with Crippen molar-refractivity contribution in [1.82, 2.24) is 5.32 Å². The van der Waals surface area contributed by atoms with Crippen LogP contribution in [-0.4, -0.2) is 12.6 Å². The Bertz CT molecular complexity index is 793. The minimum Gasteiger partial charge on any atom is -0.445 e. The highest BCUT2D eigenvalue weighted by atomic mass is 19.4. The topological polar surface area (TPSA) is 64.3 Å². The first-order valence-corrected chi connectivity index (χ1v) is 7.27. The van der Waals surface area contributed by atoms with Gasteiger partial charge in [0.25, 0.3) is 0 Å². The number of amides is 1. The van der Waals surface area contributed by atoms with Gasteiger partial charge in [0.05, 0.1) is 17.7 Å². The van der Waals surface area contributed by atoms with Gasteiger partial charge in [0.2, 0.25) is 0 Å². The Balaban J connectivity index is 1.92. The summed E-state index contributed by atoms with van der Waals surface area (Å²) in [7, 11) is 0. The molecule has 0 aromatic heterocycles. The van der Waals surface area contributed by atoms with Gasteiger partial charge in [-0.25, -0.2) is 4.79 Å². The van der Waals surface area contributed by atoms with E-state index in [0.29, 0.717) is 0 Å². The zero-order chi connectivity index (χ0) is 18.3. The first-order valence-electron chi connectivity index (χ1n) is 7.27. The summed E-state index contributed by atoms with van der Waals surface area (Å²) in [5.74, 6) is 4.79. The number of carbonyl (C=O) groups excluding carboxylic acids is 1. The van der Waals surface area contributed by atoms with E-state index in [2.05, 4.69) is 17.2 Å². The van der Waals surface area contributed by atoms with Crippen molar-refractivity contribution in [3.63, 3.8) is 0 Å². The van der Waals surface area contributed by atoms with Crippen LogP contribution in [0, 0.1) is 11.8 Å². The van der Waals surface area contributed by atoms with Crippen molar-refractivity contribution in [2.75, 3.05) is 12.3 Å². The van der Waals surface area contributed by atoms with E-state index in [0.717, 1.165) is 11.6 Å². The first kappa shape index (κ1) is 18.2. The van der Waals surface area contributed by atoms with Crippen molar-refractivity contribution in [1.29, 1.82) is 0 Å². The van der Waals surface area contributed by atoms with Gasteiger partial charge >= 0.3 is 12.3 Å². The second-order valence-corrected chi connectivity index (χ2v) is 4.98. The predicted molar refractivity (Wildman–Crippen MR) is 87.4 cm³/mol. The molecular formula is C18H15F3N2O2. The lowest BCUT2D eigenvalue weighted by molar-refractivity contribution is -0.137. The Labute approximate surface area is 142 Å². The zero-order valence-electron chi connectivity index (χ0n) is 13.1. The molecule has 0 bridgehead atoms. The third kappa shape index (κ3) is 5.46. The molecule has 25 heavy (non-hydrogen) atoms. The van der Waals surface area contributed by atoms with E-state index in [1.54, 1.807) is 12.1 Å². The summed E-state index contributed by atoms with van der Waals surface area (Å²) in [5, 5.41) is 2.34. The van der Waals surface area contributed by atoms with Crippen LogP contribution in [0.5, 0.6) is 0 Å². The number of rotatable bonds is 3. The lowest BCUT2D eigenvalue weighted by atomic mass is 10.1. The predicted octanol–water partition coefficient (Wildman–Crippen LogP) is 3.57. The van der Waals surface area contributed by atoms with E-state index in [4.69, 9.17) is 10.5 Å². The normalized spacial score (nSPS) is 10.5. The van der Waals surface area contributed by atoms with Crippen LogP contribution >= 0.6 is 0 Å². The smallest absolute Gasteiger partial charge is 0.417 e. The number of nitrogen functional groups attached to an aromatic ring is 1. The molecule has 4 nitrogen and oxygen atoms in total. The number of alkyl halides is 3. The number of anilines is 1. The van der Waals surface area contributed by atoms with Crippen LogP contribution in [0.15, 0.2) is 48.5 Å². The van der Waals surface area contributed by atoms with E-state index >= 15 is 0 Å². The summed E-state index contributed by atoms with van der Waals surface area (Å²) in [6.45, 7) is -0.0801.